The summed E-state index contributed by atoms with van der Waals surface area (Å²) in [5, 5.41) is 1.10. The second-order valence-corrected chi connectivity index (χ2v) is 5.42. The standard InChI is InChI=1S/C10H7I2NO/c1-5(14)9-3-6-2-7(11)8(12)4-10(6)13-9/h2-4,13H,1H3. The van der Waals surface area contributed by atoms with Gasteiger partial charge in [-0.15, -0.1) is 0 Å². The Labute approximate surface area is 109 Å². The molecule has 0 unspecified atom stereocenters. The number of hydrogen-bond acceptors (Lipinski definition) is 1. The van der Waals surface area contributed by atoms with Crippen molar-refractivity contribution >= 4 is 61.9 Å². The number of aromatic amines is 1. The topological polar surface area (TPSA) is 32.9 Å². The molecule has 2 rings (SSSR count). The third kappa shape index (κ3) is 1.81. The summed E-state index contributed by atoms with van der Waals surface area (Å²) in [4.78, 5) is 14.3. The number of H-pyrrole nitrogens is 1. The predicted molar refractivity (Wildman–Crippen MR) is 73.7 cm³/mol. The van der Waals surface area contributed by atoms with Crippen molar-refractivity contribution in [2.24, 2.45) is 0 Å². The lowest BCUT2D eigenvalue weighted by Crippen LogP contribution is -1.89. The van der Waals surface area contributed by atoms with Gasteiger partial charge in [-0.2, -0.15) is 0 Å². The summed E-state index contributed by atoms with van der Waals surface area (Å²) in [6.07, 6.45) is 0. The fourth-order valence-corrected chi connectivity index (χ4v) is 2.27. The number of rotatable bonds is 1. The van der Waals surface area contributed by atoms with Gasteiger partial charge < -0.3 is 4.98 Å². The van der Waals surface area contributed by atoms with Gasteiger partial charge in [0, 0.05) is 25.0 Å². The van der Waals surface area contributed by atoms with Gasteiger partial charge in [0.15, 0.2) is 5.78 Å². The van der Waals surface area contributed by atoms with Gasteiger partial charge >= 0.3 is 0 Å². The number of fused-ring (bicyclic) bond motifs is 1. The van der Waals surface area contributed by atoms with E-state index < -0.39 is 0 Å². The Balaban J connectivity index is 2.72. The van der Waals surface area contributed by atoms with Gasteiger partial charge in [0.25, 0.3) is 0 Å². The summed E-state index contributed by atoms with van der Waals surface area (Å²) in [6, 6.07) is 6.04. The zero-order valence-corrected chi connectivity index (χ0v) is 11.7. The molecule has 2 aromatic rings. The number of halogens is 2. The molecule has 72 valence electrons. The second kappa shape index (κ2) is 3.80. The molecule has 0 amide bonds. The fourth-order valence-electron chi connectivity index (χ4n) is 1.32. The molecule has 0 saturated heterocycles. The van der Waals surface area contributed by atoms with E-state index in [-0.39, 0.29) is 5.78 Å². The molecule has 14 heavy (non-hydrogen) atoms. The van der Waals surface area contributed by atoms with Crippen LogP contribution in [0.5, 0.6) is 0 Å². The van der Waals surface area contributed by atoms with Crippen LogP contribution in [0.3, 0.4) is 0 Å². The first kappa shape index (κ1) is 10.4. The van der Waals surface area contributed by atoms with Crippen LogP contribution in [0.1, 0.15) is 17.4 Å². The maximum atomic E-state index is 11.1. The monoisotopic (exact) mass is 411 g/mol. The zero-order valence-electron chi connectivity index (χ0n) is 7.40. The van der Waals surface area contributed by atoms with Crippen molar-refractivity contribution in [3.63, 3.8) is 0 Å². The van der Waals surface area contributed by atoms with Crippen LogP contribution in [0, 0.1) is 7.14 Å². The van der Waals surface area contributed by atoms with Crippen LogP contribution in [0.25, 0.3) is 10.9 Å². The molecule has 0 fully saturated rings. The minimum absolute atomic E-state index is 0.0752. The Morgan fingerprint density at radius 2 is 1.86 bits per heavy atom. The van der Waals surface area contributed by atoms with Crippen LogP contribution in [0.2, 0.25) is 0 Å². The highest BCUT2D eigenvalue weighted by atomic mass is 127. The first-order valence-corrected chi connectivity index (χ1v) is 6.22. The quantitative estimate of drug-likeness (QED) is 0.565. The molecule has 1 heterocycles. The maximum Gasteiger partial charge on any atom is 0.175 e. The second-order valence-electron chi connectivity index (χ2n) is 3.09. The summed E-state index contributed by atoms with van der Waals surface area (Å²) in [5.41, 5.74) is 1.71. The van der Waals surface area contributed by atoms with Crippen molar-refractivity contribution in [2.75, 3.05) is 0 Å². The van der Waals surface area contributed by atoms with Crippen molar-refractivity contribution in [3.8, 4) is 0 Å². The maximum absolute atomic E-state index is 11.1. The summed E-state index contributed by atoms with van der Waals surface area (Å²) >= 11 is 4.58. The van der Waals surface area contributed by atoms with Gasteiger partial charge in [0.05, 0.1) is 5.69 Å². The van der Waals surface area contributed by atoms with E-state index in [0.717, 1.165) is 10.9 Å². The molecule has 0 radical (unpaired) electrons. The molecule has 0 aliphatic heterocycles. The number of benzene rings is 1. The van der Waals surface area contributed by atoms with E-state index in [9.17, 15) is 4.79 Å². The predicted octanol–water partition coefficient (Wildman–Crippen LogP) is 3.58. The van der Waals surface area contributed by atoms with Crippen LogP contribution in [0.15, 0.2) is 18.2 Å². The van der Waals surface area contributed by atoms with Crippen LogP contribution in [-0.4, -0.2) is 10.8 Å². The molecule has 1 aromatic carbocycles. The van der Waals surface area contributed by atoms with Crippen molar-refractivity contribution in [1.82, 2.24) is 4.98 Å². The summed E-state index contributed by atoms with van der Waals surface area (Å²) in [7, 11) is 0. The number of ketones is 1. The normalized spacial score (nSPS) is 10.8. The highest BCUT2D eigenvalue weighted by molar-refractivity contribution is 14.1. The Morgan fingerprint density at radius 1 is 1.21 bits per heavy atom. The fraction of sp³-hybridized carbons (Fsp3) is 0.100. The number of Topliss-reactive ketones (excluding diaryl/α,β-unsaturated/α-hetero) is 1. The van der Waals surface area contributed by atoms with Crippen molar-refractivity contribution in [1.29, 1.82) is 0 Å². The Kier molecular flexibility index (Phi) is 2.83. The van der Waals surface area contributed by atoms with Crippen molar-refractivity contribution in [3.05, 3.63) is 31.0 Å². The first-order valence-electron chi connectivity index (χ1n) is 4.06. The van der Waals surface area contributed by atoms with Gasteiger partial charge in [0.1, 0.15) is 0 Å². The van der Waals surface area contributed by atoms with E-state index in [0.29, 0.717) is 5.69 Å². The highest BCUT2D eigenvalue weighted by Gasteiger charge is 2.06. The molecule has 0 atom stereocenters. The van der Waals surface area contributed by atoms with E-state index in [4.69, 9.17) is 0 Å². The minimum atomic E-state index is 0.0752. The lowest BCUT2D eigenvalue weighted by Gasteiger charge is -1.95. The molecule has 0 aliphatic carbocycles. The van der Waals surface area contributed by atoms with Crippen LogP contribution >= 0.6 is 45.2 Å². The Hall–Kier alpha value is -0.110. The van der Waals surface area contributed by atoms with Crippen LogP contribution in [0.4, 0.5) is 0 Å². The summed E-state index contributed by atoms with van der Waals surface area (Å²) in [5.74, 6) is 0.0752. The largest absolute Gasteiger partial charge is 0.352 e. The van der Waals surface area contributed by atoms with Crippen molar-refractivity contribution in [2.45, 2.75) is 6.92 Å². The lowest BCUT2D eigenvalue weighted by atomic mass is 10.2. The molecule has 0 spiro atoms. The molecule has 1 aromatic heterocycles. The zero-order chi connectivity index (χ0) is 10.3. The molecule has 0 aliphatic rings. The minimum Gasteiger partial charge on any atom is -0.352 e. The number of carbonyl (C=O) groups excluding carboxylic acids is 1. The number of hydrogen-bond donors (Lipinski definition) is 1. The van der Waals surface area contributed by atoms with Gasteiger partial charge in [0.2, 0.25) is 0 Å². The number of aromatic nitrogens is 1. The Bertz CT molecular complexity index is 477. The molecular formula is C10H7I2NO. The van der Waals surface area contributed by atoms with E-state index in [2.05, 4.69) is 62.3 Å². The van der Waals surface area contributed by atoms with E-state index in [1.54, 1.807) is 6.92 Å². The highest BCUT2D eigenvalue weighted by Crippen LogP contribution is 2.23. The van der Waals surface area contributed by atoms with Gasteiger partial charge in [-0.25, -0.2) is 0 Å². The van der Waals surface area contributed by atoms with Gasteiger partial charge in [-0.05, 0) is 63.4 Å². The molecule has 0 saturated carbocycles. The molecule has 0 bridgehead atoms. The SMILES string of the molecule is CC(=O)c1cc2cc(I)c(I)cc2[nH]1. The Morgan fingerprint density at radius 3 is 2.50 bits per heavy atom. The third-order valence-corrected chi connectivity index (χ3v) is 4.86. The molecule has 2 nitrogen and oxygen atoms in total. The number of nitrogens with one attached hydrogen (secondary N) is 1. The smallest absolute Gasteiger partial charge is 0.175 e. The van der Waals surface area contributed by atoms with Gasteiger partial charge in [-0.3, -0.25) is 4.79 Å². The van der Waals surface area contributed by atoms with Crippen LogP contribution < -0.4 is 0 Å². The molecule has 4 heteroatoms. The van der Waals surface area contributed by atoms with Gasteiger partial charge in [-0.1, -0.05) is 0 Å². The first-order chi connectivity index (χ1) is 6.58. The van der Waals surface area contributed by atoms with Crippen LogP contribution in [-0.2, 0) is 0 Å². The van der Waals surface area contributed by atoms with E-state index in [1.165, 1.54) is 7.14 Å². The van der Waals surface area contributed by atoms with E-state index >= 15 is 0 Å². The van der Waals surface area contributed by atoms with E-state index in [1.807, 2.05) is 6.07 Å². The summed E-state index contributed by atoms with van der Waals surface area (Å²) < 4.78 is 2.41. The average molecular weight is 411 g/mol. The van der Waals surface area contributed by atoms with Crippen molar-refractivity contribution < 1.29 is 4.79 Å². The third-order valence-electron chi connectivity index (χ3n) is 2.04. The molecule has 1 N–H and O–H groups in total. The average Bonchev–Trinajstić information content (AvgIpc) is 2.48. The lowest BCUT2D eigenvalue weighted by molar-refractivity contribution is 0.101. The number of carbonyl (C=O) groups is 1. The summed E-state index contributed by atoms with van der Waals surface area (Å²) in [6.45, 7) is 1.57. The molecular weight excluding hydrogens is 404 g/mol.